The summed E-state index contributed by atoms with van der Waals surface area (Å²) >= 11 is 0. The SMILES string of the molecule is O=C(c1ccc2c(c1)CCO2)N(Cc1ccoc1)Cc1cccc(-c2ccccc2)c1. The first-order valence-electron chi connectivity index (χ1n) is 10.5. The van der Waals surface area contributed by atoms with Crippen LogP contribution in [0.15, 0.2) is 95.8 Å². The van der Waals surface area contributed by atoms with Crippen molar-refractivity contribution < 1.29 is 13.9 Å². The fourth-order valence-electron chi connectivity index (χ4n) is 4.00. The first-order chi connectivity index (χ1) is 15.3. The molecule has 0 saturated heterocycles. The number of fused-ring (bicyclic) bond motifs is 1. The molecule has 1 amide bonds. The second kappa shape index (κ2) is 8.52. The van der Waals surface area contributed by atoms with Gasteiger partial charge in [-0.2, -0.15) is 0 Å². The van der Waals surface area contributed by atoms with Crippen LogP contribution in [0.3, 0.4) is 0 Å². The minimum Gasteiger partial charge on any atom is -0.493 e. The largest absolute Gasteiger partial charge is 0.493 e. The zero-order chi connectivity index (χ0) is 21.0. The molecule has 0 radical (unpaired) electrons. The average Bonchev–Trinajstić information content (AvgIpc) is 3.50. The fourth-order valence-corrected chi connectivity index (χ4v) is 4.00. The second-order valence-corrected chi connectivity index (χ2v) is 7.78. The van der Waals surface area contributed by atoms with Crippen molar-refractivity contribution in [1.82, 2.24) is 4.90 Å². The zero-order valence-corrected chi connectivity index (χ0v) is 17.2. The highest BCUT2D eigenvalue weighted by Gasteiger charge is 2.20. The number of amides is 1. The molecule has 1 aliphatic heterocycles. The van der Waals surface area contributed by atoms with Crippen molar-refractivity contribution in [3.05, 3.63) is 114 Å². The van der Waals surface area contributed by atoms with Crippen LogP contribution in [0.5, 0.6) is 5.75 Å². The predicted octanol–water partition coefficient (Wildman–Crippen LogP) is 5.72. The summed E-state index contributed by atoms with van der Waals surface area (Å²) in [5.74, 6) is 0.884. The lowest BCUT2D eigenvalue weighted by molar-refractivity contribution is 0.0729. The van der Waals surface area contributed by atoms with E-state index in [2.05, 4.69) is 30.3 Å². The molecular weight excluding hydrogens is 386 g/mol. The molecule has 1 aromatic heterocycles. The molecule has 4 heteroatoms. The molecule has 5 rings (SSSR count). The number of benzene rings is 3. The quantitative estimate of drug-likeness (QED) is 0.409. The van der Waals surface area contributed by atoms with Gasteiger partial charge in [-0.3, -0.25) is 4.79 Å². The Bertz CT molecular complexity index is 1180. The summed E-state index contributed by atoms with van der Waals surface area (Å²) in [6, 6.07) is 26.3. The van der Waals surface area contributed by atoms with Crippen molar-refractivity contribution in [2.24, 2.45) is 0 Å². The Kier molecular flexibility index (Phi) is 5.28. The lowest BCUT2D eigenvalue weighted by atomic mass is 10.0. The normalized spacial score (nSPS) is 12.3. The van der Waals surface area contributed by atoms with Crippen LogP contribution < -0.4 is 4.74 Å². The number of carbonyl (C=O) groups excluding carboxylic acids is 1. The van der Waals surface area contributed by atoms with Gasteiger partial charge in [0.25, 0.3) is 5.91 Å². The molecule has 4 aromatic rings. The summed E-state index contributed by atoms with van der Waals surface area (Å²) in [4.78, 5) is 15.4. The summed E-state index contributed by atoms with van der Waals surface area (Å²) in [6.45, 7) is 1.68. The molecule has 2 heterocycles. The molecule has 0 saturated carbocycles. The molecule has 0 unspecified atom stereocenters. The lowest BCUT2D eigenvalue weighted by Gasteiger charge is -2.23. The standard InChI is InChI=1S/C27H23NO3/c29-27(25-9-10-26-24(16-25)12-14-31-26)28(18-21-11-13-30-19-21)17-20-5-4-8-23(15-20)22-6-2-1-3-7-22/h1-11,13,15-16,19H,12,14,17-18H2. The Hall–Kier alpha value is -3.79. The van der Waals surface area contributed by atoms with Gasteiger partial charge in [0.05, 0.1) is 19.1 Å². The van der Waals surface area contributed by atoms with Gasteiger partial charge < -0.3 is 14.1 Å². The van der Waals surface area contributed by atoms with E-state index in [0.29, 0.717) is 25.3 Å². The Morgan fingerprint density at radius 1 is 0.839 bits per heavy atom. The van der Waals surface area contributed by atoms with Crippen molar-refractivity contribution in [3.8, 4) is 16.9 Å². The van der Waals surface area contributed by atoms with Crippen molar-refractivity contribution in [2.75, 3.05) is 6.61 Å². The number of ether oxygens (including phenoxy) is 1. The number of hydrogen-bond donors (Lipinski definition) is 0. The summed E-state index contributed by atoms with van der Waals surface area (Å²) in [6.07, 6.45) is 4.18. The highest BCUT2D eigenvalue weighted by atomic mass is 16.5. The molecule has 3 aromatic carbocycles. The predicted molar refractivity (Wildman–Crippen MR) is 120 cm³/mol. The van der Waals surface area contributed by atoms with E-state index in [1.807, 2.05) is 53.4 Å². The first-order valence-corrected chi connectivity index (χ1v) is 10.5. The maximum absolute atomic E-state index is 13.5. The van der Waals surface area contributed by atoms with Crippen molar-refractivity contribution in [2.45, 2.75) is 19.5 Å². The minimum atomic E-state index is 0.000939. The van der Waals surface area contributed by atoms with Gasteiger partial charge in [0.15, 0.2) is 0 Å². The van der Waals surface area contributed by atoms with E-state index in [1.54, 1.807) is 12.5 Å². The molecular formula is C27H23NO3. The maximum Gasteiger partial charge on any atom is 0.254 e. The van der Waals surface area contributed by atoms with Gasteiger partial charge in [-0.15, -0.1) is 0 Å². The van der Waals surface area contributed by atoms with Crippen molar-refractivity contribution in [3.63, 3.8) is 0 Å². The number of carbonyl (C=O) groups is 1. The molecule has 0 N–H and O–H groups in total. The smallest absolute Gasteiger partial charge is 0.254 e. The zero-order valence-electron chi connectivity index (χ0n) is 17.2. The Labute approximate surface area is 181 Å². The maximum atomic E-state index is 13.5. The topological polar surface area (TPSA) is 42.7 Å². The van der Waals surface area contributed by atoms with E-state index in [0.717, 1.165) is 40.0 Å². The molecule has 1 aliphatic rings. The minimum absolute atomic E-state index is 0.000939. The third-order valence-corrected chi connectivity index (χ3v) is 5.58. The highest BCUT2D eigenvalue weighted by Crippen LogP contribution is 2.27. The Morgan fingerprint density at radius 3 is 2.52 bits per heavy atom. The lowest BCUT2D eigenvalue weighted by Crippen LogP contribution is -2.30. The molecule has 154 valence electrons. The summed E-state index contributed by atoms with van der Waals surface area (Å²) in [5.41, 5.74) is 6.14. The second-order valence-electron chi connectivity index (χ2n) is 7.78. The number of rotatable bonds is 6. The van der Waals surface area contributed by atoms with E-state index >= 15 is 0 Å². The van der Waals surface area contributed by atoms with E-state index in [1.165, 1.54) is 0 Å². The number of nitrogens with zero attached hydrogens (tertiary/aromatic N) is 1. The van der Waals surface area contributed by atoms with Crippen LogP contribution >= 0.6 is 0 Å². The Morgan fingerprint density at radius 2 is 1.68 bits per heavy atom. The van der Waals surface area contributed by atoms with Gasteiger partial charge >= 0.3 is 0 Å². The summed E-state index contributed by atoms with van der Waals surface area (Å²) in [5, 5.41) is 0. The van der Waals surface area contributed by atoms with E-state index in [4.69, 9.17) is 9.15 Å². The fraction of sp³-hybridized carbons (Fsp3) is 0.148. The summed E-state index contributed by atoms with van der Waals surface area (Å²) < 4.78 is 10.8. The first kappa shape index (κ1) is 19.2. The van der Waals surface area contributed by atoms with Crippen LogP contribution in [0.2, 0.25) is 0 Å². The van der Waals surface area contributed by atoms with Gasteiger partial charge in [-0.25, -0.2) is 0 Å². The third-order valence-electron chi connectivity index (χ3n) is 5.58. The van der Waals surface area contributed by atoms with Crippen LogP contribution in [0, 0.1) is 0 Å². The van der Waals surface area contributed by atoms with Crippen LogP contribution in [0.1, 0.15) is 27.0 Å². The number of furan rings is 1. The van der Waals surface area contributed by atoms with Gasteiger partial charge in [-0.05, 0) is 52.6 Å². The summed E-state index contributed by atoms with van der Waals surface area (Å²) in [7, 11) is 0. The highest BCUT2D eigenvalue weighted by molar-refractivity contribution is 5.94. The van der Waals surface area contributed by atoms with Crippen molar-refractivity contribution >= 4 is 5.91 Å². The van der Waals surface area contributed by atoms with Crippen LogP contribution in [0.25, 0.3) is 11.1 Å². The van der Waals surface area contributed by atoms with Crippen LogP contribution in [0.4, 0.5) is 0 Å². The average molecular weight is 409 g/mol. The monoisotopic (exact) mass is 409 g/mol. The van der Waals surface area contributed by atoms with Gasteiger partial charge in [0.2, 0.25) is 0 Å². The molecule has 31 heavy (non-hydrogen) atoms. The van der Waals surface area contributed by atoms with Gasteiger partial charge in [0.1, 0.15) is 5.75 Å². The molecule has 0 bridgehead atoms. The van der Waals surface area contributed by atoms with E-state index in [-0.39, 0.29) is 5.91 Å². The van der Waals surface area contributed by atoms with Crippen molar-refractivity contribution in [1.29, 1.82) is 0 Å². The molecule has 4 nitrogen and oxygen atoms in total. The molecule has 0 atom stereocenters. The van der Waals surface area contributed by atoms with Gasteiger partial charge in [-0.1, -0.05) is 48.5 Å². The Balaban J connectivity index is 1.43. The third kappa shape index (κ3) is 4.24. The number of hydrogen-bond acceptors (Lipinski definition) is 3. The molecule has 0 spiro atoms. The van der Waals surface area contributed by atoms with E-state index in [9.17, 15) is 4.79 Å². The molecule has 0 aliphatic carbocycles. The van der Waals surface area contributed by atoms with Gasteiger partial charge in [0, 0.05) is 30.6 Å². The van der Waals surface area contributed by atoms with E-state index < -0.39 is 0 Å². The van der Waals surface area contributed by atoms with Crippen LogP contribution in [-0.2, 0) is 19.5 Å². The molecule has 0 fully saturated rings. The van der Waals surface area contributed by atoms with Crippen LogP contribution in [-0.4, -0.2) is 17.4 Å².